The van der Waals surface area contributed by atoms with Gasteiger partial charge in [-0.25, -0.2) is 4.99 Å². The lowest BCUT2D eigenvalue weighted by molar-refractivity contribution is 1.18. The summed E-state index contributed by atoms with van der Waals surface area (Å²) in [7, 11) is 0. The summed E-state index contributed by atoms with van der Waals surface area (Å²) in [5, 5.41) is 7.33. The zero-order valence-electron chi connectivity index (χ0n) is 31.6. The Morgan fingerprint density at radius 2 is 1.03 bits per heavy atom. The fourth-order valence-corrected chi connectivity index (χ4v) is 9.41. The molecule has 0 fully saturated rings. The summed E-state index contributed by atoms with van der Waals surface area (Å²) in [5.41, 5.74) is 23.1. The molecule has 0 aliphatic heterocycles. The number of hydrogen-bond acceptors (Lipinski definition) is 1. The lowest BCUT2D eigenvalue weighted by atomic mass is 10.00. The predicted octanol–water partition coefficient (Wildman–Crippen LogP) is 13.3. The van der Waals surface area contributed by atoms with Crippen LogP contribution in [-0.2, 0) is 6.42 Å². The molecule has 1 aliphatic rings. The highest BCUT2D eigenvalue weighted by Crippen LogP contribution is 2.42. The highest BCUT2D eigenvalue weighted by Gasteiger charge is 2.21. The molecule has 12 rings (SSSR count). The van der Waals surface area contributed by atoms with Crippen molar-refractivity contribution in [3.8, 4) is 33.6 Å². The first kappa shape index (κ1) is 32.5. The van der Waals surface area contributed by atoms with Crippen LogP contribution in [-0.4, -0.2) is 15.0 Å². The summed E-state index contributed by atoms with van der Waals surface area (Å²) in [5.74, 6) is 0.503. The highest BCUT2D eigenvalue weighted by molar-refractivity contribution is 6.15. The van der Waals surface area contributed by atoms with Crippen molar-refractivity contribution in [1.29, 1.82) is 0 Å². The molecule has 0 spiro atoms. The maximum Gasteiger partial charge on any atom is 0.131 e. The van der Waals surface area contributed by atoms with Crippen molar-refractivity contribution in [3.63, 3.8) is 0 Å². The van der Waals surface area contributed by atoms with Gasteiger partial charge in [0.15, 0.2) is 0 Å². The Hall–Kier alpha value is -7.69. The van der Waals surface area contributed by atoms with E-state index >= 15 is 0 Å². The molecule has 2 aromatic heterocycles. The van der Waals surface area contributed by atoms with Crippen LogP contribution < -0.4 is 5.73 Å². The molecule has 0 amide bonds. The molecular formula is C54H36N4. The van der Waals surface area contributed by atoms with Gasteiger partial charge in [0.2, 0.25) is 0 Å². The monoisotopic (exact) mass is 740 g/mol. The van der Waals surface area contributed by atoms with E-state index in [0.717, 1.165) is 40.1 Å². The standard InChI is InChI=1S/C54H36N4/c55-54(56-49-22-11-21-43-42-19-7-6-14-38(42)32-45(43)49)39-15-10-18-41(28-39)58-52-27-25-37(31-47(52)48-29-34-12-4-5-13-35(34)33-53(48)58)36-24-26-51-46(30-36)44-20-8-9-23-50(44)57(51)40-16-2-1-3-17-40/h1-31,33H,32H2,(H2,55,56). The third kappa shape index (κ3) is 4.98. The lowest BCUT2D eigenvalue weighted by Gasteiger charge is -2.11. The SMILES string of the molecule is NC(=Nc1cccc2c1Cc1ccccc1-2)c1cccc(-n2c3ccc(-c4ccc5c(c4)c4ccccc4n5-c4ccccc4)cc3c3cc4ccccc4cc32)c1. The third-order valence-corrected chi connectivity index (χ3v) is 12.1. The van der Waals surface area contributed by atoms with Crippen molar-refractivity contribution >= 4 is 65.9 Å². The van der Waals surface area contributed by atoms with Crippen molar-refractivity contribution in [2.24, 2.45) is 10.7 Å². The predicted molar refractivity (Wildman–Crippen MR) is 243 cm³/mol. The van der Waals surface area contributed by atoms with Gasteiger partial charge in [-0.3, -0.25) is 0 Å². The second-order valence-electron chi connectivity index (χ2n) is 15.4. The van der Waals surface area contributed by atoms with Crippen LogP contribution in [0.15, 0.2) is 199 Å². The van der Waals surface area contributed by atoms with Gasteiger partial charge < -0.3 is 14.9 Å². The molecule has 9 aromatic carbocycles. The van der Waals surface area contributed by atoms with E-state index in [1.54, 1.807) is 0 Å². The number of nitrogens with two attached hydrogens (primary N) is 1. The van der Waals surface area contributed by atoms with E-state index in [4.69, 9.17) is 10.7 Å². The van der Waals surface area contributed by atoms with E-state index in [1.807, 2.05) is 0 Å². The summed E-state index contributed by atoms with van der Waals surface area (Å²) < 4.78 is 4.75. The molecule has 0 saturated heterocycles. The zero-order valence-corrected chi connectivity index (χ0v) is 31.6. The largest absolute Gasteiger partial charge is 0.383 e. The minimum absolute atomic E-state index is 0.503. The molecule has 4 heteroatoms. The molecule has 58 heavy (non-hydrogen) atoms. The van der Waals surface area contributed by atoms with Gasteiger partial charge in [-0.2, -0.15) is 0 Å². The van der Waals surface area contributed by atoms with Crippen LogP contribution in [0.2, 0.25) is 0 Å². The first-order valence-corrected chi connectivity index (χ1v) is 19.9. The third-order valence-electron chi connectivity index (χ3n) is 12.1. The zero-order chi connectivity index (χ0) is 38.3. The van der Waals surface area contributed by atoms with Crippen molar-refractivity contribution in [2.45, 2.75) is 6.42 Å². The van der Waals surface area contributed by atoms with Gasteiger partial charge >= 0.3 is 0 Å². The molecule has 0 atom stereocenters. The first-order valence-electron chi connectivity index (χ1n) is 19.9. The van der Waals surface area contributed by atoms with E-state index in [2.05, 4.69) is 203 Å². The topological polar surface area (TPSA) is 48.2 Å². The Balaban J connectivity index is 1.00. The number of aliphatic imine (C=N–C) groups is 1. The maximum absolute atomic E-state index is 6.88. The lowest BCUT2D eigenvalue weighted by Crippen LogP contribution is -2.13. The maximum atomic E-state index is 6.88. The van der Waals surface area contributed by atoms with E-state index in [0.29, 0.717) is 5.84 Å². The summed E-state index contributed by atoms with van der Waals surface area (Å²) in [6.07, 6.45) is 0.862. The second-order valence-corrected chi connectivity index (χ2v) is 15.4. The molecule has 0 bridgehead atoms. The van der Waals surface area contributed by atoms with Crippen LogP contribution in [0.25, 0.3) is 88.0 Å². The van der Waals surface area contributed by atoms with Crippen LogP contribution in [0.3, 0.4) is 0 Å². The smallest absolute Gasteiger partial charge is 0.131 e. The van der Waals surface area contributed by atoms with Crippen LogP contribution in [0.4, 0.5) is 5.69 Å². The Bertz CT molecular complexity index is 3490. The van der Waals surface area contributed by atoms with Gasteiger partial charge in [0.05, 0.1) is 27.8 Å². The molecule has 272 valence electrons. The van der Waals surface area contributed by atoms with Crippen LogP contribution >= 0.6 is 0 Å². The average Bonchev–Trinajstić information content (AvgIpc) is 3.93. The number of hydrogen-bond donors (Lipinski definition) is 1. The Kier molecular flexibility index (Phi) is 7.11. The summed E-state index contributed by atoms with van der Waals surface area (Å²) in [4.78, 5) is 5.06. The van der Waals surface area contributed by atoms with E-state index < -0.39 is 0 Å². The van der Waals surface area contributed by atoms with E-state index in [1.165, 1.54) is 76.7 Å². The number of fused-ring (bicyclic) bond motifs is 10. The fraction of sp³-hybridized carbons (Fsp3) is 0.0185. The van der Waals surface area contributed by atoms with E-state index in [9.17, 15) is 0 Å². The van der Waals surface area contributed by atoms with Crippen LogP contribution in [0, 0.1) is 0 Å². The molecule has 2 heterocycles. The quantitative estimate of drug-likeness (QED) is 0.139. The normalized spacial score (nSPS) is 12.6. The van der Waals surface area contributed by atoms with Gasteiger partial charge in [-0.1, -0.05) is 121 Å². The van der Waals surface area contributed by atoms with Gasteiger partial charge in [-0.15, -0.1) is 0 Å². The number of para-hydroxylation sites is 2. The van der Waals surface area contributed by atoms with E-state index in [-0.39, 0.29) is 0 Å². The van der Waals surface area contributed by atoms with Gasteiger partial charge in [-0.05, 0) is 117 Å². The number of rotatable bonds is 5. The Morgan fingerprint density at radius 3 is 1.86 bits per heavy atom. The van der Waals surface area contributed by atoms with Crippen molar-refractivity contribution in [1.82, 2.24) is 9.13 Å². The van der Waals surface area contributed by atoms with Gasteiger partial charge in [0.25, 0.3) is 0 Å². The molecule has 0 saturated carbocycles. The number of aromatic nitrogens is 2. The van der Waals surface area contributed by atoms with Gasteiger partial charge in [0, 0.05) is 44.9 Å². The molecule has 4 nitrogen and oxygen atoms in total. The van der Waals surface area contributed by atoms with Gasteiger partial charge in [0.1, 0.15) is 5.84 Å². The summed E-state index contributed by atoms with van der Waals surface area (Å²) in [6, 6.07) is 69.9. The first-order chi connectivity index (χ1) is 28.7. The summed E-state index contributed by atoms with van der Waals surface area (Å²) >= 11 is 0. The van der Waals surface area contributed by atoms with Crippen molar-refractivity contribution in [2.75, 3.05) is 0 Å². The molecule has 0 unspecified atom stereocenters. The minimum Gasteiger partial charge on any atom is -0.383 e. The average molecular weight is 741 g/mol. The van der Waals surface area contributed by atoms with Crippen LogP contribution in [0.1, 0.15) is 16.7 Å². The van der Waals surface area contributed by atoms with Crippen LogP contribution in [0.5, 0.6) is 0 Å². The van der Waals surface area contributed by atoms with Crippen molar-refractivity contribution < 1.29 is 0 Å². The minimum atomic E-state index is 0.503. The van der Waals surface area contributed by atoms with Crippen molar-refractivity contribution in [3.05, 3.63) is 211 Å². The highest BCUT2D eigenvalue weighted by atomic mass is 15.0. The molecule has 2 N–H and O–H groups in total. The second kappa shape index (κ2) is 12.7. The molecule has 1 aliphatic carbocycles. The number of benzene rings is 9. The number of nitrogens with zero attached hydrogens (tertiary/aromatic N) is 3. The Labute approximate surface area is 335 Å². The fourth-order valence-electron chi connectivity index (χ4n) is 9.41. The molecule has 0 radical (unpaired) electrons. The molecular weight excluding hydrogens is 705 g/mol. The Morgan fingerprint density at radius 1 is 0.431 bits per heavy atom. The number of amidine groups is 1. The molecule has 11 aromatic rings. The summed E-state index contributed by atoms with van der Waals surface area (Å²) in [6.45, 7) is 0.